The zero-order valence-electron chi connectivity index (χ0n) is 14.6. The number of hydrogen-bond acceptors (Lipinski definition) is 4. The lowest BCUT2D eigenvalue weighted by atomic mass is 9.99. The van der Waals surface area contributed by atoms with Crippen molar-refractivity contribution < 1.29 is 9.59 Å². The van der Waals surface area contributed by atoms with E-state index < -0.39 is 5.91 Å². The highest BCUT2D eigenvalue weighted by atomic mass is 16.2. The normalized spacial score (nSPS) is 14.5. The van der Waals surface area contributed by atoms with Crippen molar-refractivity contribution in [2.75, 3.05) is 18.4 Å². The number of nitrogens with zero attached hydrogens (tertiary/aromatic N) is 3. The van der Waals surface area contributed by atoms with Crippen LogP contribution in [0.5, 0.6) is 0 Å². The highest BCUT2D eigenvalue weighted by Gasteiger charge is 2.23. The molecule has 1 aliphatic rings. The summed E-state index contributed by atoms with van der Waals surface area (Å²) in [5.41, 5.74) is 1.56. The van der Waals surface area contributed by atoms with E-state index in [-0.39, 0.29) is 17.3 Å². The molecule has 1 aromatic heterocycles. The summed E-state index contributed by atoms with van der Waals surface area (Å²) < 4.78 is 0. The molecule has 1 N–H and O–H groups in total. The molecular weight excluding hydrogens is 328 g/mol. The maximum atomic E-state index is 12.6. The summed E-state index contributed by atoms with van der Waals surface area (Å²) in [5.74, 6) is 0.109. The third-order valence-corrected chi connectivity index (χ3v) is 4.54. The highest BCUT2D eigenvalue weighted by Crippen LogP contribution is 2.18. The van der Waals surface area contributed by atoms with Crippen LogP contribution in [0.25, 0.3) is 0 Å². The summed E-state index contributed by atoms with van der Waals surface area (Å²) in [6.07, 6.45) is 1.98. The molecule has 1 fully saturated rings. The first-order valence-electron chi connectivity index (χ1n) is 8.64. The van der Waals surface area contributed by atoms with Crippen LogP contribution in [0.15, 0.2) is 42.5 Å². The molecule has 6 nitrogen and oxygen atoms in total. The van der Waals surface area contributed by atoms with Gasteiger partial charge in [-0.25, -0.2) is 4.98 Å². The number of carbonyl (C=O) groups is 2. The lowest BCUT2D eigenvalue weighted by molar-refractivity contribution is 0.0691. The van der Waals surface area contributed by atoms with Crippen LogP contribution < -0.4 is 5.32 Å². The zero-order chi connectivity index (χ0) is 18.5. The van der Waals surface area contributed by atoms with Gasteiger partial charge < -0.3 is 10.2 Å². The lowest BCUT2D eigenvalue weighted by Crippen LogP contribution is -2.38. The first-order valence-corrected chi connectivity index (χ1v) is 8.64. The van der Waals surface area contributed by atoms with E-state index in [4.69, 9.17) is 5.26 Å². The second kappa shape index (κ2) is 7.79. The number of aromatic nitrogens is 1. The minimum Gasteiger partial charge on any atom is -0.337 e. The fourth-order valence-corrected chi connectivity index (χ4v) is 2.88. The van der Waals surface area contributed by atoms with Gasteiger partial charge in [0.15, 0.2) is 0 Å². The van der Waals surface area contributed by atoms with Crippen molar-refractivity contribution in [3.63, 3.8) is 0 Å². The average Bonchev–Trinajstić information content (AvgIpc) is 2.68. The zero-order valence-corrected chi connectivity index (χ0v) is 14.6. The number of amides is 2. The highest BCUT2D eigenvalue weighted by molar-refractivity contribution is 6.03. The molecule has 0 spiro atoms. The van der Waals surface area contributed by atoms with Gasteiger partial charge in [0.25, 0.3) is 11.8 Å². The molecule has 0 radical (unpaired) electrons. The molecule has 26 heavy (non-hydrogen) atoms. The average molecular weight is 348 g/mol. The maximum absolute atomic E-state index is 12.6. The minimum absolute atomic E-state index is 0.134. The van der Waals surface area contributed by atoms with Gasteiger partial charge in [0.05, 0.1) is 11.6 Å². The van der Waals surface area contributed by atoms with Crippen LogP contribution in [-0.2, 0) is 0 Å². The van der Waals surface area contributed by atoms with Gasteiger partial charge >= 0.3 is 0 Å². The molecule has 1 aliphatic heterocycles. The van der Waals surface area contributed by atoms with E-state index >= 15 is 0 Å². The second-order valence-electron chi connectivity index (χ2n) is 6.53. The Morgan fingerprint density at radius 1 is 1.12 bits per heavy atom. The van der Waals surface area contributed by atoms with Crippen LogP contribution in [0.1, 0.15) is 46.3 Å². The van der Waals surface area contributed by atoms with Crippen LogP contribution in [0, 0.1) is 17.2 Å². The molecule has 0 unspecified atom stereocenters. The van der Waals surface area contributed by atoms with E-state index in [1.54, 1.807) is 47.4 Å². The number of pyridine rings is 1. The predicted molar refractivity (Wildman–Crippen MR) is 97.6 cm³/mol. The Kier molecular flexibility index (Phi) is 5.28. The molecule has 0 saturated carbocycles. The molecule has 3 rings (SSSR count). The summed E-state index contributed by atoms with van der Waals surface area (Å²) in [7, 11) is 0. The Morgan fingerprint density at radius 3 is 2.42 bits per heavy atom. The number of hydrogen-bond donors (Lipinski definition) is 1. The first kappa shape index (κ1) is 17.6. The molecule has 0 atom stereocenters. The van der Waals surface area contributed by atoms with Crippen molar-refractivity contribution in [2.24, 2.45) is 5.92 Å². The SMILES string of the molecule is CC1CCN(C(=O)c2cccc(C(=O)Nc3ccc(C#N)cc3)n2)CC1. The number of nitriles is 1. The van der Waals surface area contributed by atoms with E-state index in [1.165, 1.54) is 0 Å². The number of rotatable bonds is 3. The third-order valence-electron chi connectivity index (χ3n) is 4.54. The van der Waals surface area contributed by atoms with Crippen molar-refractivity contribution in [2.45, 2.75) is 19.8 Å². The third kappa shape index (κ3) is 4.06. The van der Waals surface area contributed by atoms with Crippen LogP contribution in [0.4, 0.5) is 5.69 Å². The predicted octanol–water partition coefficient (Wildman–Crippen LogP) is 3.08. The number of nitrogens with one attached hydrogen (secondary N) is 1. The van der Waals surface area contributed by atoms with Crippen molar-refractivity contribution in [1.82, 2.24) is 9.88 Å². The smallest absolute Gasteiger partial charge is 0.274 e. The van der Waals surface area contributed by atoms with Crippen molar-refractivity contribution in [3.8, 4) is 6.07 Å². The summed E-state index contributed by atoms with van der Waals surface area (Å²) in [4.78, 5) is 31.0. The van der Waals surface area contributed by atoms with Gasteiger partial charge in [-0.3, -0.25) is 9.59 Å². The van der Waals surface area contributed by atoms with Crippen molar-refractivity contribution in [1.29, 1.82) is 5.26 Å². The molecular formula is C20H20N4O2. The first-order chi connectivity index (χ1) is 12.6. The van der Waals surface area contributed by atoms with E-state index in [2.05, 4.69) is 17.2 Å². The Morgan fingerprint density at radius 2 is 1.77 bits per heavy atom. The second-order valence-corrected chi connectivity index (χ2v) is 6.53. The molecule has 1 aromatic carbocycles. The van der Waals surface area contributed by atoms with Crippen LogP contribution >= 0.6 is 0 Å². The summed E-state index contributed by atoms with van der Waals surface area (Å²) in [5, 5.41) is 11.5. The molecule has 2 heterocycles. The van der Waals surface area contributed by atoms with Crippen LogP contribution in [-0.4, -0.2) is 34.8 Å². The topological polar surface area (TPSA) is 86.1 Å². The molecule has 1 saturated heterocycles. The molecule has 2 aromatic rings. The molecule has 6 heteroatoms. The van der Waals surface area contributed by atoms with Gasteiger partial charge in [-0.1, -0.05) is 13.0 Å². The largest absolute Gasteiger partial charge is 0.337 e. The van der Waals surface area contributed by atoms with Crippen LogP contribution in [0.3, 0.4) is 0 Å². The Labute approximate surface area is 152 Å². The van der Waals surface area contributed by atoms with Gasteiger partial charge in [0.1, 0.15) is 11.4 Å². The molecule has 0 aliphatic carbocycles. The molecule has 0 bridgehead atoms. The lowest BCUT2D eigenvalue weighted by Gasteiger charge is -2.30. The summed E-state index contributed by atoms with van der Waals surface area (Å²) in [6, 6.07) is 13.5. The van der Waals surface area contributed by atoms with Gasteiger partial charge in [0.2, 0.25) is 0 Å². The fraction of sp³-hybridized carbons (Fsp3) is 0.300. The van der Waals surface area contributed by atoms with E-state index in [1.807, 2.05) is 6.07 Å². The van der Waals surface area contributed by atoms with E-state index in [0.29, 0.717) is 17.2 Å². The quantitative estimate of drug-likeness (QED) is 0.923. The number of carbonyl (C=O) groups excluding carboxylic acids is 2. The number of piperidine rings is 1. The standard InChI is InChI=1S/C20H20N4O2/c1-14-9-11-24(12-10-14)20(26)18-4-2-3-17(23-18)19(25)22-16-7-5-15(13-21)6-8-16/h2-8,14H,9-12H2,1H3,(H,22,25). The Bertz CT molecular complexity index is 847. The number of likely N-dealkylation sites (tertiary alicyclic amines) is 1. The minimum atomic E-state index is -0.392. The Hall–Kier alpha value is -3.20. The van der Waals surface area contributed by atoms with Gasteiger partial charge in [-0.05, 0) is 55.2 Å². The monoisotopic (exact) mass is 348 g/mol. The van der Waals surface area contributed by atoms with Crippen LogP contribution in [0.2, 0.25) is 0 Å². The van der Waals surface area contributed by atoms with Gasteiger partial charge in [-0.15, -0.1) is 0 Å². The van der Waals surface area contributed by atoms with Gasteiger partial charge in [-0.2, -0.15) is 5.26 Å². The fourth-order valence-electron chi connectivity index (χ4n) is 2.88. The Balaban J connectivity index is 1.70. The van der Waals surface area contributed by atoms with E-state index in [0.717, 1.165) is 25.9 Å². The molecule has 2 amide bonds. The maximum Gasteiger partial charge on any atom is 0.274 e. The number of benzene rings is 1. The molecule has 132 valence electrons. The summed E-state index contributed by atoms with van der Waals surface area (Å²) >= 11 is 0. The van der Waals surface area contributed by atoms with E-state index in [9.17, 15) is 9.59 Å². The summed E-state index contributed by atoms with van der Waals surface area (Å²) in [6.45, 7) is 3.64. The number of anilines is 1. The van der Waals surface area contributed by atoms with Crippen molar-refractivity contribution >= 4 is 17.5 Å². The van der Waals surface area contributed by atoms with Gasteiger partial charge in [0, 0.05) is 18.8 Å². The van der Waals surface area contributed by atoms with Crippen molar-refractivity contribution in [3.05, 3.63) is 59.4 Å².